The quantitative estimate of drug-likeness (QED) is 0.167. The van der Waals surface area contributed by atoms with Gasteiger partial charge in [-0.15, -0.1) is 0 Å². The summed E-state index contributed by atoms with van der Waals surface area (Å²) in [6.45, 7) is 19.7. The van der Waals surface area contributed by atoms with Gasteiger partial charge in [-0.25, -0.2) is 13.1 Å². The van der Waals surface area contributed by atoms with Gasteiger partial charge in [0.05, 0.1) is 37.9 Å². The maximum atomic E-state index is 10.9. The van der Waals surface area contributed by atoms with Crippen molar-refractivity contribution in [3.05, 3.63) is 92.5 Å². The Morgan fingerprint density at radius 3 is 1.57 bits per heavy atom. The fraction of sp³-hybridized carbons (Fsp3) is 0.543. The molecule has 2 aromatic carbocycles. The van der Waals surface area contributed by atoms with E-state index in [-0.39, 0.29) is 28.3 Å². The molecule has 2 saturated heterocycles. The van der Waals surface area contributed by atoms with Crippen LogP contribution in [0.15, 0.2) is 48.5 Å². The van der Waals surface area contributed by atoms with Gasteiger partial charge in [-0.2, -0.15) is 5.26 Å². The molecule has 0 aromatic heterocycles. The van der Waals surface area contributed by atoms with Crippen molar-refractivity contribution < 1.29 is 65.3 Å². The fourth-order valence-corrected chi connectivity index (χ4v) is 7.30. The molecule has 1 atom stereocenters. The first-order valence-electron chi connectivity index (χ1n) is 15.5. The van der Waals surface area contributed by atoms with Crippen LogP contribution in [-0.4, -0.2) is 57.2 Å². The van der Waals surface area contributed by atoms with E-state index in [0.29, 0.717) is 70.2 Å². The molecule has 14 heteroatoms. The van der Waals surface area contributed by atoms with Gasteiger partial charge in [0.2, 0.25) is 6.54 Å². The Kier molecular flexibility index (Phi) is 17.9. The summed E-state index contributed by atoms with van der Waals surface area (Å²) in [6, 6.07) is 17.1. The van der Waals surface area contributed by atoms with Crippen LogP contribution >= 0.6 is 23.2 Å². The van der Waals surface area contributed by atoms with Crippen molar-refractivity contribution in [3.63, 3.8) is 0 Å². The Labute approximate surface area is 317 Å². The number of nitrogens with zero attached hydrogens (tertiary/aromatic N) is 3. The molecule has 1 unspecified atom stereocenters. The average Bonchev–Trinajstić information content (AvgIpc) is 3.78. The molecule has 2 aromatic rings. The van der Waals surface area contributed by atoms with Gasteiger partial charge in [-0.1, -0.05) is 47.5 Å². The van der Waals surface area contributed by atoms with Crippen LogP contribution in [-0.2, 0) is 76.2 Å². The number of hydrogen-bond acceptors (Lipinski definition) is 8. The van der Waals surface area contributed by atoms with Crippen LogP contribution in [0.1, 0.15) is 69.4 Å². The van der Waals surface area contributed by atoms with Crippen molar-refractivity contribution in [3.8, 4) is 6.07 Å². The topological polar surface area (TPSA) is 113 Å². The number of halogens is 2. The van der Waals surface area contributed by atoms with Crippen molar-refractivity contribution in [2.75, 3.05) is 33.0 Å². The van der Waals surface area contributed by atoms with Crippen LogP contribution in [0, 0.1) is 24.5 Å². The molecule has 2 spiro atoms. The first-order chi connectivity index (χ1) is 23.2. The SMILES string of the molecule is CC#N.[C-]#[N+]C(OC=O)C1(c2ccc(Cl)cc2)CCC2(CC1)OCCO2.[C-]#[N+]CC1(c2ccc(Cl)cc2)CCC2(CC1)OCCO2.[Cu].[O]=[Cu]. The zero-order chi connectivity index (χ0) is 35.1. The molecule has 2 aliphatic heterocycles. The molecule has 2 heterocycles. The summed E-state index contributed by atoms with van der Waals surface area (Å²) in [5.74, 6) is -0.915. The summed E-state index contributed by atoms with van der Waals surface area (Å²) < 4.78 is 36.1. The molecule has 4 aliphatic rings. The van der Waals surface area contributed by atoms with E-state index in [0.717, 1.165) is 36.3 Å². The van der Waals surface area contributed by atoms with Crippen LogP contribution in [0.2, 0.25) is 10.0 Å². The molecule has 10 nitrogen and oxygen atoms in total. The number of nitriles is 1. The van der Waals surface area contributed by atoms with E-state index in [4.69, 9.17) is 69.1 Å². The predicted molar refractivity (Wildman–Crippen MR) is 173 cm³/mol. The number of carbonyl (C=O) groups excluding carboxylic acids is 1. The summed E-state index contributed by atoms with van der Waals surface area (Å²) in [5.41, 5.74) is 1.53. The van der Waals surface area contributed by atoms with Gasteiger partial charge in [0.25, 0.3) is 6.47 Å². The zero-order valence-corrected chi connectivity index (χ0v) is 30.4. The molecule has 1 radical (unpaired) electrons. The molecule has 49 heavy (non-hydrogen) atoms. The Morgan fingerprint density at radius 2 is 1.20 bits per heavy atom. The van der Waals surface area contributed by atoms with Crippen LogP contribution < -0.4 is 0 Å². The van der Waals surface area contributed by atoms with E-state index >= 15 is 0 Å². The van der Waals surface area contributed by atoms with Crippen LogP contribution in [0.3, 0.4) is 0 Å². The van der Waals surface area contributed by atoms with Gasteiger partial charge in [-0.3, -0.25) is 9.64 Å². The second-order valence-electron chi connectivity index (χ2n) is 11.9. The third-order valence-corrected chi connectivity index (χ3v) is 10.0. The Hall–Kier alpha value is -2.36. The molecular weight excluding hydrogens is 772 g/mol. The first-order valence-corrected chi connectivity index (χ1v) is 16.7. The number of carbonyl (C=O) groups is 1. The van der Waals surface area contributed by atoms with E-state index in [9.17, 15) is 4.79 Å². The summed E-state index contributed by atoms with van der Waals surface area (Å²) in [5, 5.41) is 8.69. The van der Waals surface area contributed by atoms with E-state index in [2.05, 4.69) is 37.8 Å². The van der Waals surface area contributed by atoms with Crippen molar-refractivity contribution in [2.45, 2.75) is 86.9 Å². The van der Waals surface area contributed by atoms with Crippen molar-refractivity contribution in [1.82, 2.24) is 0 Å². The zero-order valence-electron chi connectivity index (χ0n) is 27.0. The third-order valence-electron chi connectivity index (χ3n) is 9.53. The minimum absolute atomic E-state index is 0. The van der Waals surface area contributed by atoms with Gasteiger partial charge in [0.15, 0.2) is 11.6 Å². The van der Waals surface area contributed by atoms with E-state index < -0.39 is 17.4 Å². The van der Waals surface area contributed by atoms with E-state index in [1.54, 1.807) is 18.2 Å². The van der Waals surface area contributed by atoms with Gasteiger partial charge in [-0.05, 0) is 61.1 Å². The van der Waals surface area contributed by atoms with Crippen molar-refractivity contribution >= 4 is 29.7 Å². The van der Waals surface area contributed by atoms with Crippen LogP contribution in [0.5, 0.6) is 0 Å². The summed E-state index contributed by atoms with van der Waals surface area (Å²) in [6.07, 6.45) is 5.36. The Balaban J connectivity index is 0.000000297. The average molecular weight is 812 g/mol. The molecule has 272 valence electrons. The van der Waals surface area contributed by atoms with Gasteiger partial charge < -0.3 is 28.5 Å². The van der Waals surface area contributed by atoms with Gasteiger partial charge in [0, 0.05) is 59.7 Å². The Morgan fingerprint density at radius 1 is 0.816 bits per heavy atom. The molecule has 4 fully saturated rings. The molecule has 2 saturated carbocycles. The minimum atomic E-state index is -0.861. The molecule has 0 bridgehead atoms. The molecule has 2 aliphatic carbocycles. The first kappa shape index (κ1) is 42.8. The van der Waals surface area contributed by atoms with Gasteiger partial charge in [0.1, 0.15) is 5.41 Å². The summed E-state index contributed by atoms with van der Waals surface area (Å²) in [7, 11) is 0. The predicted octanol–water partition coefficient (Wildman–Crippen LogP) is 7.53. The summed E-state index contributed by atoms with van der Waals surface area (Å²) in [4.78, 5) is 18.1. The number of ether oxygens (including phenoxy) is 5. The van der Waals surface area contributed by atoms with Crippen LogP contribution in [0.25, 0.3) is 9.69 Å². The number of benzene rings is 2. The summed E-state index contributed by atoms with van der Waals surface area (Å²) >= 11 is 14.9. The van der Waals surface area contributed by atoms with Crippen molar-refractivity contribution in [2.24, 2.45) is 0 Å². The second kappa shape index (κ2) is 20.5. The van der Waals surface area contributed by atoms with E-state index in [1.165, 1.54) is 12.5 Å². The van der Waals surface area contributed by atoms with Gasteiger partial charge >= 0.3 is 26.0 Å². The monoisotopic (exact) mass is 809 g/mol. The molecular formula is C35H39Cl2Cu2N3O7. The molecule has 0 N–H and O–H groups in total. The second-order valence-corrected chi connectivity index (χ2v) is 12.8. The standard InChI is InChI=1S/C17H18ClNO4.C16H18ClNO2.C2H3N.2Cu.O/c1-19-15(21-12-20)16(13-2-4-14(18)5-3-13)6-8-17(9-7-16)22-10-11-23-17;1-18-12-15(13-2-4-14(17)5-3-13)6-8-16(9-7-15)19-10-11-20-16;1-2-3;;;/h2-5,12,15H,6-11H2;2-5H,6-12H2;1H3;;;. The van der Waals surface area contributed by atoms with Crippen LogP contribution in [0.4, 0.5) is 0 Å². The normalized spacial score (nSPS) is 22.7. The molecule has 6 rings (SSSR count). The number of hydrogen-bond donors (Lipinski definition) is 0. The Bertz CT molecular complexity index is 1430. The third kappa shape index (κ3) is 10.6. The fourth-order valence-electron chi connectivity index (χ4n) is 7.05. The van der Waals surface area contributed by atoms with Crippen molar-refractivity contribution in [1.29, 1.82) is 5.26 Å². The molecule has 0 amide bonds. The van der Waals surface area contributed by atoms with E-state index in [1.807, 2.05) is 24.3 Å². The number of rotatable bonds is 6. The maximum absolute atomic E-state index is 10.9.